The van der Waals surface area contributed by atoms with E-state index in [0.717, 1.165) is 19.2 Å². The van der Waals surface area contributed by atoms with Crippen LogP contribution >= 0.6 is 0 Å². The first kappa shape index (κ1) is 18.8. The molecule has 0 bridgehead atoms. The first-order valence-electron chi connectivity index (χ1n) is 6.97. The summed E-state index contributed by atoms with van der Waals surface area (Å²) in [6, 6.07) is 1.09. The molecular weight excluding hydrogens is 311 g/mol. The van der Waals surface area contributed by atoms with Gasteiger partial charge in [-0.1, -0.05) is 20.8 Å². The zero-order valence-corrected chi connectivity index (χ0v) is 14.8. The number of pyridine rings is 1. The van der Waals surface area contributed by atoms with Crippen LogP contribution in [-0.2, 0) is 10.3 Å². The van der Waals surface area contributed by atoms with Crippen LogP contribution in [0, 0.1) is 5.82 Å². The van der Waals surface area contributed by atoms with Crippen LogP contribution in [0.2, 0.25) is 18.1 Å². The molecule has 0 saturated carbocycles. The molecule has 0 N–H and O–H groups in total. The third kappa shape index (κ3) is 3.95. The van der Waals surface area contributed by atoms with E-state index in [9.17, 15) is 18.0 Å². The van der Waals surface area contributed by atoms with Gasteiger partial charge >= 0.3 is 5.92 Å². The van der Waals surface area contributed by atoms with E-state index in [1.807, 2.05) is 33.9 Å². The van der Waals surface area contributed by atoms with Crippen molar-refractivity contribution in [3.63, 3.8) is 0 Å². The molecule has 0 aliphatic rings. The van der Waals surface area contributed by atoms with Crippen molar-refractivity contribution in [1.29, 1.82) is 0 Å². The maximum atomic E-state index is 14.3. The summed E-state index contributed by atoms with van der Waals surface area (Å²) in [5.41, 5.74) is -1.43. The summed E-state index contributed by atoms with van der Waals surface area (Å²) in [6.45, 7) is 9.60. The van der Waals surface area contributed by atoms with E-state index < -0.39 is 43.7 Å². The molecule has 0 aliphatic carbocycles. The Bertz CT molecular complexity index is 568. The fourth-order valence-corrected chi connectivity index (χ4v) is 2.50. The van der Waals surface area contributed by atoms with Crippen molar-refractivity contribution < 1.29 is 22.4 Å². The van der Waals surface area contributed by atoms with Crippen molar-refractivity contribution in [2.75, 3.05) is 6.61 Å². The molecule has 1 rings (SSSR count). The van der Waals surface area contributed by atoms with Gasteiger partial charge in [-0.15, -0.1) is 0 Å². The van der Waals surface area contributed by atoms with Crippen molar-refractivity contribution in [2.45, 2.75) is 51.7 Å². The lowest BCUT2D eigenvalue weighted by Gasteiger charge is -2.37. The molecular formula is C15H22F3NO2Si. The second-order valence-electron chi connectivity index (χ2n) is 6.83. The van der Waals surface area contributed by atoms with Gasteiger partial charge in [0.1, 0.15) is 12.3 Å². The molecule has 0 spiro atoms. The first-order valence-corrected chi connectivity index (χ1v) is 9.88. The van der Waals surface area contributed by atoms with Crippen LogP contribution in [0.4, 0.5) is 13.2 Å². The van der Waals surface area contributed by atoms with Crippen molar-refractivity contribution in [1.82, 2.24) is 4.98 Å². The van der Waals surface area contributed by atoms with Gasteiger partial charge in [0.15, 0.2) is 19.9 Å². The molecule has 0 fully saturated rings. The lowest BCUT2D eigenvalue weighted by molar-refractivity contribution is -0.0574. The first-order chi connectivity index (χ1) is 9.79. The van der Waals surface area contributed by atoms with Crippen LogP contribution in [0.3, 0.4) is 0 Å². The Kier molecular flexibility index (Phi) is 5.24. The predicted octanol–water partition coefficient (Wildman–Crippen LogP) is 4.54. The third-order valence-corrected chi connectivity index (χ3v) is 8.51. The van der Waals surface area contributed by atoms with E-state index in [-0.39, 0.29) is 5.04 Å². The van der Waals surface area contributed by atoms with Gasteiger partial charge in [-0.2, -0.15) is 8.78 Å². The average Bonchev–Trinajstić information content (AvgIpc) is 2.35. The lowest BCUT2D eigenvalue weighted by Crippen LogP contribution is -2.43. The molecule has 7 heteroatoms. The number of nitrogens with zero attached hydrogens (tertiary/aromatic N) is 1. The van der Waals surface area contributed by atoms with Crippen LogP contribution in [0.25, 0.3) is 0 Å². The monoisotopic (exact) mass is 333 g/mol. The molecule has 0 amide bonds. The largest absolute Gasteiger partial charge is 0.410 e. The van der Waals surface area contributed by atoms with E-state index in [1.165, 1.54) is 0 Å². The average molecular weight is 333 g/mol. The smallest absolute Gasteiger partial charge is 0.314 e. The summed E-state index contributed by atoms with van der Waals surface area (Å²) in [7, 11) is -2.40. The number of alkyl halides is 2. The number of aromatic nitrogens is 1. The Labute approximate surface area is 130 Å². The molecule has 0 saturated heterocycles. The second-order valence-corrected chi connectivity index (χ2v) is 11.6. The van der Waals surface area contributed by atoms with Crippen LogP contribution in [0.1, 0.15) is 43.7 Å². The Hall–Kier alpha value is -1.21. The highest BCUT2D eigenvalue weighted by molar-refractivity contribution is 6.74. The maximum Gasteiger partial charge on any atom is 0.314 e. The van der Waals surface area contributed by atoms with E-state index in [2.05, 4.69) is 4.98 Å². The Morgan fingerprint density at radius 1 is 1.32 bits per heavy atom. The van der Waals surface area contributed by atoms with Crippen LogP contribution < -0.4 is 0 Å². The fraction of sp³-hybridized carbons (Fsp3) is 0.600. The molecule has 1 heterocycles. The molecule has 0 unspecified atom stereocenters. The van der Waals surface area contributed by atoms with E-state index >= 15 is 0 Å². The minimum atomic E-state index is -3.59. The van der Waals surface area contributed by atoms with Gasteiger partial charge in [0.05, 0.1) is 5.56 Å². The normalized spacial score (nSPS) is 13.3. The molecule has 0 radical (unpaired) electrons. The number of Topliss-reactive ketones (excluding diaryl/α,β-unsaturated/α-hetero) is 1. The Morgan fingerprint density at radius 2 is 1.86 bits per heavy atom. The zero-order valence-electron chi connectivity index (χ0n) is 13.8. The van der Waals surface area contributed by atoms with Crippen LogP contribution in [0.5, 0.6) is 0 Å². The SMILES string of the molecule is CC(=O)c1ccnc(C(F)(F)CO[Si](C)(C)C(C)(C)C)c1F. The van der Waals surface area contributed by atoms with Crippen molar-refractivity contribution in [3.05, 3.63) is 29.3 Å². The standard InChI is InChI=1S/C15H22F3NO2Si/c1-10(20)11-7-8-19-13(12(11)16)15(17,18)9-21-22(5,6)14(2,3)4/h7-8H,9H2,1-6H3. The number of ketones is 1. The highest BCUT2D eigenvalue weighted by atomic mass is 28.4. The molecule has 1 aromatic heterocycles. The second kappa shape index (κ2) is 6.12. The summed E-state index contributed by atoms with van der Waals surface area (Å²) >= 11 is 0. The maximum absolute atomic E-state index is 14.3. The molecule has 22 heavy (non-hydrogen) atoms. The Morgan fingerprint density at radius 3 is 2.32 bits per heavy atom. The number of hydrogen-bond acceptors (Lipinski definition) is 3. The molecule has 0 aromatic carbocycles. The Balaban J connectivity index is 3.06. The van der Waals surface area contributed by atoms with Crippen molar-refractivity contribution in [3.8, 4) is 0 Å². The summed E-state index contributed by atoms with van der Waals surface area (Å²) < 4.78 is 48.1. The molecule has 124 valence electrons. The molecule has 3 nitrogen and oxygen atoms in total. The van der Waals surface area contributed by atoms with E-state index in [4.69, 9.17) is 4.43 Å². The fourth-order valence-electron chi connectivity index (χ4n) is 1.53. The number of carbonyl (C=O) groups is 1. The number of halogens is 3. The lowest BCUT2D eigenvalue weighted by atomic mass is 10.1. The van der Waals surface area contributed by atoms with E-state index in [0.29, 0.717) is 0 Å². The van der Waals surface area contributed by atoms with Crippen LogP contribution in [0.15, 0.2) is 12.3 Å². The number of rotatable bonds is 5. The number of hydrogen-bond donors (Lipinski definition) is 0. The minimum absolute atomic E-state index is 0.240. The number of carbonyl (C=O) groups excluding carboxylic acids is 1. The third-order valence-electron chi connectivity index (χ3n) is 4.04. The minimum Gasteiger partial charge on any atom is -0.410 e. The van der Waals surface area contributed by atoms with Gasteiger partial charge in [-0.05, 0) is 31.1 Å². The highest BCUT2D eigenvalue weighted by Crippen LogP contribution is 2.39. The highest BCUT2D eigenvalue weighted by Gasteiger charge is 2.43. The van der Waals surface area contributed by atoms with Crippen LogP contribution in [-0.4, -0.2) is 25.7 Å². The van der Waals surface area contributed by atoms with Gasteiger partial charge in [-0.25, -0.2) is 4.39 Å². The molecule has 0 aliphatic heterocycles. The van der Waals surface area contributed by atoms with Gasteiger partial charge in [0, 0.05) is 6.20 Å². The van der Waals surface area contributed by atoms with Gasteiger partial charge in [0.2, 0.25) is 0 Å². The molecule has 0 atom stereocenters. The van der Waals surface area contributed by atoms with Gasteiger partial charge < -0.3 is 4.43 Å². The predicted molar refractivity (Wildman–Crippen MR) is 81.2 cm³/mol. The summed E-state index contributed by atoms with van der Waals surface area (Å²) in [6.07, 6.45) is 1.01. The quantitative estimate of drug-likeness (QED) is 0.587. The van der Waals surface area contributed by atoms with Crippen molar-refractivity contribution >= 4 is 14.1 Å². The van der Waals surface area contributed by atoms with E-state index in [1.54, 1.807) is 0 Å². The topological polar surface area (TPSA) is 39.2 Å². The van der Waals surface area contributed by atoms with Gasteiger partial charge in [-0.3, -0.25) is 9.78 Å². The summed E-state index contributed by atoms with van der Waals surface area (Å²) in [5, 5.41) is -0.240. The van der Waals surface area contributed by atoms with Gasteiger partial charge in [0.25, 0.3) is 0 Å². The summed E-state index contributed by atoms with van der Waals surface area (Å²) in [5.74, 6) is -5.49. The summed E-state index contributed by atoms with van der Waals surface area (Å²) in [4.78, 5) is 14.7. The zero-order chi connectivity index (χ0) is 17.3. The van der Waals surface area contributed by atoms with Crippen molar-refractivity contribution in [2.24, 2.45) is 0 Å². The molecule has 1 aromatic rings.